The third kappa shape index (κ3) is 0.883. The largest absolute Gasteiger partial charge is 0.389 e. The van der Waals surface area contributed by atoms with E-state index in [0.29, 0.717) is 0 Å². The molecule has 0 aliphatic rings. The maximum absolute atomic E-state index is 10.5. The van der Waals surface area contributed by atoms with E-state index in [2.05, 4.69) is 4.37 Å². The molecule has 0 fully saturated rings. The molecule has 10 heavy (non-hydrogen) atoms. The summed E-state index contributed by atoms with van der Waals surface area (Å²) in [5.41, 5.74) is 15.6. The summed E-state index contributed by atoms with van der Waals surface area (Å²) in [7, 11) is 0. The number of hydrogen-bond acceptors (Lipinski definition) is 5. The molecule has 0 unspecified atom stereocenters. The second kappa shape index (κ2) is 2.14. The van der Waals surface area contributed by atoms with E-state index < -0.39 is 5.91 Å². The minimum Gasteiger partial charge on any atom is -0.389 e. The van der Waals surface area contributed by atoms with Crippen molar-refractivity contribution in [1.82, 2.24) is 4.37 Å². The standard InChI is InChI=1S/C4H6N4OS/c5-2-1(3(6)9)4(7)10-8-2/h7H2,(H2,5,8)(H2,6,9). The average molecular weight is 158 g/mol. The first-order valence-corrected chi connectivity index (χ1v) is 3.20. The summed E-state index contributed by atoms with van der Waals surface area (Å²) in [5, 5.41) is 0.269. The van der Waals surface area contributed by atoms with E-state index in [0.717, 1.165) is 11.5 Å². The molecule has 1 aromatic heterocycles. The van der Waals surface area contributed by atoms with E-state index in [1.165, 1.54) is 0 Å². The molecule has 5 nitrogen and oxygen atoms in total. The highest BCUT2D eigenvalue weighted by Crippen LogP contribution is 2.21. The molecular weight excluding hydrogens is 152 g/mol. The van der Waals surface area contributed by atoms with Gasteiger partial charge in [0.05, 0.1) is 0 Å². The van der Waals surface area contributed by atoms with E-state index in [4.69, 9.17) is 17.2 Å². The van der Waals surface area contributed by atoms with Crippen molar-refractivity contribution in [2.24, 2.45) is 5.73 Å². The molecule has 0 atom stereocenters. The molecule has 6 N–H and O–H groups in total. The van der Waals surface area contributed by atoms with E-state index in [9.17, 15) is 4.79 Å². The molecule has 1 heterocycles. The quantitative estimate of drug-likeness (QED) is 0.507. The number of anilines is 2. The molecule has 6 heteroatoms. The molecule has 1 rings (SSSR count). The molecule has 0 saturated carbocycles. The van der Waals surface area contributed by atoms with E-state index in [1.54, 1.807) is 0 Å². The molecule has 0 bridgehead atoms. The van der Waals surface area contributed by atoms with Crippen molar-refractivity contribution in [2.75, 3.05) is 11.5 Å². The maximum atomic E-state index is 10.5. The fourth-order valence-corrected chi connectivity index (χ4v) is 1.15. The molecule has 0 aliphatic heterocycles. The fraction of sp³-hybridized carbons (Fsp3) is 0. The van der Waals surface area contributed by atoms with Crippen LogP contribution in [0.1, 0.15) is 10.4 Å². The number of rotatable bonds is 1. The van der Waals surface area contributed by atoms with Crippen LogP contribution in [0.15, 0.2) is 0 Å². The number of hydrogen-bond donors (Lipinski definition) is 3. The summed E-state index contributed by atoms with van der Waals surface area (Å²) in [6, 6.07) is 0. The normalized spacial score (nSPS) is 9.60. The molecule has 0 spiro atoms. The van der Waals surface area contributed by atoms with E-state index in [-0.39, 0.29) is 16.4 Å². The van der Waals surface area contributed by atoms with Gasteiger partial charge in [-0.05, 0) is 11.5 Å². The van der Waals surface area contributed by atoms with Crippen molar-refractivity contribution < 1.29 is 4.79 Å². The van der Waals surface area contributed by atoms with Crippen LogP contribution in [0.4, 0.5) is 10.8 Å². The van der Waals surface area contributed by atoms with Gasteiger partial charge in [0.1, 0.15) is 10.6 Å². The van der Waals surface area contributed by atoms with Crippen LogP contribution in [0.3, 0.4) is 0 Å². The third-order valence-electron chi connectivity index (χ3n) is 0.991. The molecule has 0 radical (unpaired) electrons. The van der Waals surface area contributed by atoms with Crippen LogP contribution < -0.4 is 17.2 Å². The summed E-state index contributed by atoms with van der Waals surface area (Å²) in [6.07, 6.45) is 0. The first kappa shape index (κ1) is 6.81. The Balaban J connectivity index is 3.23. The Bertz CT molecular complexity index is 249. The Morgan fingerprint density at radius 1 is 1.50 bits per heavy atom. The van der Waals surface area contributed by atoms with Gasteiger partial charge in [0, 0.05) is 0 Å². The lowest BCUT2D eigenvalue weighted by atomic mass is 10.3. The SMILES string of the molecule is NC(=O)c1c(N)nsc1N. The minimum absolute atomic E-state index is 0.106. The van der Waals surface area contributed by atoms with Crippen LogP contribution in [0.25, 0.3) is 0 Å². The van der Waals surface area contributed by atoms with Gasteiger partial charge in [-0.3, -0.25) is 4.79 Å². The number of carbonyl (C=O) groups is 1. The molecule has 54 valence electrons. The lowest BCUT2D eigenvalue weighted by Gasteiger charge is -1.90. The Morgan fingerprint density at radius 3 is 2.30 bits per heavy atom. The van der Waals surface area contributed by atoms with Crippen molar-refractivity contribution in [3.05, 3.63) is 5.56 Å². The highest BCUT2D eigenvalue weighted by atomic mass is 32.1. The Morgan fingerprint density at radius 2 is 2.10 bits per heavy atom. The van der Waals surface area contributed by atoms with Gasteiger partial charge in [0.25, 0.3) is 5.91 Å². The topological polar surface area (TPSA) is 108 Å². The summed E-state index contributed by atoms with van der Waals surface area (Å²) in [4.78, 5) is 10.5. The molecule has 1 amide bonds. The average Bonchev–Trinajstić information content (AvgIpc) is 2.11. The summed E-state index contributed by atoms with van der Waals surface area (Å²) < 4.78 is 3.63. The molecule has 0 aliphatic carbocycles. The number of nitrogens with two attached hydrogens (primary N) is 3. The number of primary amides is 1. The number of carbonyl (C=O) groups excluding carboxylic acids is 1. The number of nitrogen functional groups attached to an aromatic ring is 2. The summed E-state index contributed by atoms with van der Waals surface area (Å²) >= 11 is 0.961. The second-order valence-electron chi connectivity index (χ2n) is 1.67. The second-order valence-corrected chi connectivity index (χ2v) is 2.48. The minimum atomic E-state index is -0.635. The van der Waals surface area contributed by atoms with E-state index >= 15 is 0 Å². The lowest BCUT2D eigenvalue weighted by molar-refractivity contribution is 0.100. The Labute approximate surface area is 61.0 Å². The zero-order valence-electron chi connectivity index (χ0n) is 5.00. The van der Waals surface area contributed by atoms with Gasteiger partial charge in [-0.25, -0.2) is 0 Å². The van der Waals surface area contributed by atoms with Crippen LogP contribution in [-0.2, 0) is 0 Å². The first-order valence-electron chi connectivity index (χ1n) is 2.43. The summed E-state index contributed by atoms with van der Waals surface area (Å²) in [5.74, 6) is -0.529. The van der Waals surface area contributed by atoms with Gasteiger partial charge in [0.2, 0.25) is 0 Å². The first-order chi connectivity index (χ1) is 4.63. The van der Waals surface area contributed by atoms with Gasteiger partial charge in [-0.1, -0.05) is 0 Å². The Hall–Kier alpha value is -1.30. The molecular formula is C4H6N4OS. The number of aromatic nitrogens is 1. The van der Waals surface area contributed by atoms with Crippen LogP contribution in [-0.4, -0.2) is 10.3 Å². The van der Waals surface area contributed by atoms with Crippen LogP contribution in [0.2, 0.25) is 0 Å². The third-order valence-corrected chi connectivity index (χ3v) is 1.68. The van der Waals surface area contributed by atoms with Crippen LogP contribution in [0, 0.1) is 0 Å². The molecule has 1 aromatic rings. The van der Waals surface area contributed by atoms with Crippen molar-refractivity contribution >= 4 is 28.3 Å². The maximum Gasteiger partial charge on any atom is 0.255 e. The molecule has 0 aromatic carbocycles. The van der Waals surface area contributed by atoms with Gasteiger partial charge in [-0.2, -0.15) is 4.37 Å². The van der Waals surface area contributed by atoms with Gasteiger partial charge in [-0.15, -0.1) is 0 Å². The monoisotopic (exact) mass is 158 g/mol. The van der Waals surface area contributed by atoms with Crippen molar-refractivity contribution in [2.45, 2.75) is 0 Å². The Kier molecular flexibility index (Phi) is 1.46. The van der Waals surface area contributed by atoms with Gasteiger partial charge < -0.3 is 17.2 Å². The van der Waals surface area contributed by atoms with Crippen LogP contribution >= 0.6 is 11.5 Å². The smallest absolute Gasteiger partial charge is 0.255 e. The zero-order valence-corrected chi connectivity index (χ0v) is 5.81. The lowest BCUT2D eigenvalue weighted by Crippen LogP contribution is -2.13. The van der Waals surface area contributed by atoms with Crippen molar-refractivity contribution in [3.8, 4) is 0 Å². The fourth-order valence-electron chi connectivity index (χ4n) is 0.564. The number of amides is 1. The number of nitrogens with zero attached hydrogens (tertiary/aromatic N) is 1. The zero-order chi connectivity index (χ0) is 7.72. The summed E-state index contributed by atoms with van der Waals surface area (Å²) in [6.45, 7) is 0. The highest BCUT2D eigenvalue weighted by molar-refractivity contribution is 7.10. The van der Waals surface area contributed by atoms with Crippen molar-refractivity contribution in [3.63, 3.8) is 0 Å². The van der Waals surface area contributed by atoms with Crippen molar-refractivity contribution in [1.29, 1.82) is 0 Å². The molecule has 0 saturated heterocycles. The predicted molar refractivity (Wildman–Crippen MR) is 39.5 cm³/mol. The van der Waals surface area contributed by atoms with Gasteiger partial charge in [0.15, 0.2) is 5.82 Å². The van der Waals surface area contributed by atoms with Crippen LogP contribution in [0.5, 0.6) is 0 Å². The highest BCUT2D eigenvalue weighted by Gasteiger charge is 2.12. The van der Waals surface area contributed by atoms with Gasteiger partial charge >= 0.3 is 0 Å². The van der Waals surface area contributed by atoms with E-state index in [1.807, 2.05) is 0 Å². The predicted octanol–water partition coefficient (Wildman–Crippen LogP) is -0.594.